The zero-order valence-corrected chi connectivity index (χ0v) is 8.60. The van der Waals surface area contributed by atoms with Crippen LogP contribution in [0, 0.1) is 0 Å². The van der Waals surface area contributed by atoms with E-state index in [9.17, 15) is 4.79 Å². The van der Waals surface area contributed by atoms with Crippen molar-refractivity contribution < 1.29 is 9.53 Å². The standard InChI is InChI=1S/C8H14N4O2/c1-11(6-8(13)14-3)4-7-5-12(2)10-9-7/h5H,4,6H2,1-3H3. The first kappa shape index (κ1) is 10.6. The van der Waals surface area contributed by atoms with E-state index in [0.29, 0.717) is 6.54 Å². The topological polar surface area (TPSA) is 60.2 Å². The molecule has 1 aromatic heterocycles. The van der Waals surface area contributed by atoms with Gasteiger partial charge in [-0.3, -0.25) is 14.4 Å². The Morgan fingerprint density at radius 2 is 2.43 bits per heavy atom. The van der Waals surface area contributed by atoms with Crippen molar-refractivity contribution in [3.63, 3.8) is 0 Å². The largest absolute Gasteiger partial charge is 0.468 e. The predicted octanol–water partition coefficient (Wildman–Crippen LogP) is -0.580. The molecule has 0 aliphatic heterocycles. The number of likely N-dealkylation sites (N-methyl/N-ethyl adjacent to an activating group) is 1. The smallest absolute Gasteiger partial charge is 0.319 e. The van der Waals surface area contributed by atoms with Gasteiger partial charge in [-0.05, 0) is 7.05 Å². The van der Waals surface area contributed by atoms with E-state index < -0.39 is 0 Å². The van der Waals surface area contributed by atoms with Crippen LogP contribution in [0.4, 0.5) is 0 Å². The van der Waals surface area contributed by atoms with Gasteiger partial charge in [0.1, 0.15) is 0 Å². The van der Waals surface area contributed by atoms with E-state index >= 15 is 0 Å². The third-order valence-corrected chi connectivity index (χ3v) is 1.71. The summed E-state index contributed by atoms with van der Waals surface area (Å²) in [4.78, 5) is 12.7. The molecule has 0 N–H and O–H groups in total. The van der Waals surface area contributed by atoms with Crippen molar-refractivity contribution in [3.05, 3.63) is 11.9 Å². The molecule has 0 saturated heterocycles. The lowest BCUT2D eigenvalue weighted by molar-refractivity contribution is -0.141. The van der Waals surface area contributed by atoms with Crippen LogP contribution in [0.15, 0.2) is 6.20 Å². The number of rotatable bonds is 4. The zero-order valence-electron chi connectivity index (χ0n) is 8.60. The summed E-state index contributed by atoms with van der Waals surface area (Å²) in [5.74, 6) is -0.253. The molecule has 0 bridgehead atoms. The molecule has 0 atom stereocenters. The van der Waals surface area contributed by atoms with Gasteiger partial charge in [-0.25, -0.2) is 0 Å². The van der Waals surface area contributed by atoms with E-state index in [1.54, 1.807) is 11.7 Å². The minimum Gasteiger partial charge on any atom is -0.468 e. The molecular formula is C8H14N4O2. The Balaban J connectivity index is 2.41. The lowest BCUT2D eigenvalue weighted by atomic mass is 10.4. The van der Waals surface area contributed by atoms with Crippen LogP contribution in [0.3, 0.4) is 0 Å². The zero-order chi connectivity index (χ0) is 10.6. The molecule has 1 rings (SSSR count). The summed E-state index contributed by atoms with van der Waals surface area (Å²) >= 11 is 0. The minimum absolute atomic E-state index is 0.253. The summed E-state index contributed by atoms with van der Waals surface area (Å²) in [6.45, 7) is 0.843. The Morgan fingerprint density at radius 3 is 2.93 bits per heavy atom. The fourth-order valence-electron chi connectivity index (χ4n) is 1.09. The van der Waals surface area contributed by atoms with Crippen LogP contribution < -0.4 is 0 Å². The number of carbonyl (C=O) groups excluding carboxylic acids is 1. The van der Waals surface area contributed by atoms with Crippen LogP contribution >= 0.6 is 0 Å². The molecule has 0 radical (unpaired) electrons. The average molecular weight is 198 g/mol. The highest BCUT2D eigenvalue weighted by atomic mass is 16.5. The van der Waals surface area contributed by atoms with E-state index in [2.05, 4.69) is 15.0 Å². The van der Waals surface area contributed by atoms with Gasteiger partial charge >= 0.3 is 5.97 Å². The molecule has 0 fully saturated rings. The maximum absolute atomic E-state index is 10.9. The fourth-order valence-corrected chi connectivity index (χ4v) is 1.09. The van der Waals surface area contributed by atoms with Gasteiger partial charge < -0.3 is 4.74 Å². The monoisotopic (exact) mass is 198 g/mol. The van der Waals surface area contributed by atoms with Crippen molar-refractivity contribution in [2.75, 3.05) is 20.7 Å². The number of nitrogens with zero attached hydrogens (tertiary/aromatic N) is 4. The number of methoxy groups -OCH3 is 1. The summed E-state index contributed by atoms with van der Waals surface area (Å²) in [6.07, 6.45) is 1.81. The molecule has 0 aromatic carbocycles. The predicted molar refractivity (Wildman–Crippen MR) is 49.4 cm³/mol. The number of ether oxygens (including phenoxy) is 1. The molecule has 6 nitrogen and oxygen atoms in total. The normalized spacial score (nSPS) is 10.6. The molecule has 0 spiro atoms. The van der Waals surface area contributed by atoms with E-state index in [1.165, 1.54) is 7.11 Å². The van der Waals surface area contributed by atoms with Crippen LogP contribution in [-0.2, 0) is 23.1 Å². The van der Waals surface area contributed by atoms with Gasteiger partial charge in [0.25, 0.3) is 0 Å². The first-order valence-electron chi connectivity index (χ1n) is 4.22. The van der Waals surface area contributed by atoms with Gasteiger partial charge in [-0.1, -0.05) is 5.21 Å². The van der Waals surface area contributed by atoms with E-state index in [0.717, 1.165) is 5.69 Å². The second-order valence-electron chi connectivity index (χ2n) is 3.13. The molecular weight excluding hydrogens is 184 g/mol. The highest BCUT2D eigenvalue weighted by Gasteiger charge is 2.08. The Labute approximate surface area is 82.5 Å². The summed E-state index contributed by atoms with van der Waals surface area (Å²) in [5.41, 5.74) is 0.832. The molecule has 14 heavy (non-hydrogen) atoms. The maximum Gasteiger partial charge on any atom is 0.319 e. The van der Waals surface area contributed by atoms with E-state index in [4.69, 9.17) is 0 Å². The van der Waals surface area contributed by atoms with E-state index in [-0.39, 0.29) is 12.5 Å². The van der Waals surface area contributed by atoms with Crippen LogP contribution in [0.2, 0.25) is 0 Å². The maximum atomic E-state index is 10.9. The minimum atomic E-state index is -0.253. The van der Waals surface area contributed by atoms with Crippen LogP contribution in [-0.4, -0.2) is 46.6 Å². The Hall–Kier alpha value is -1.43. The van der Waals surface area contributed by atoms with Gasteiger partial charge in [-0.2, -0.15) is 0 Å². The van der Waals surface area contributed by atoms with Crippen LogP contribution in [0.25, 0.3) is 0 Å². The van der Waals surface area contributed by atoms with Crippen LogP contribution in [0.1, 0.15) is 5.69 Å². The van der Waals surface area contributed by atoms with Crippen molar-refractivity contribution in [1.29, 1.82) is 0 Å². The summed E-state index contributed by atoms with van der Waals surface area (Å²) < 4.78 is 6.17. The first-order chi connectivity index (χ1) is 6.61. The van der Waals surface area contributed by atoms with Crippen molar-refractivity contribution in [3.8, 4) is 0 Å². The van der Waals surface area contributed by atoms with Gasteiger partial charge in [0.15, 0.2) is 0 Å². The van der Waals surface area contributed by atoms with Gasteiger partial charge in [0, 0.05) is 19.8 Å². The lowest BCUT2D eigenvalue weighted by Gasteiger charge is -2.12. The van der Waals surface area contributed by atoms with Crippen LogP contribution in [0.5, 0.6) is 0 Å². The number of esters is 1. The van der Waals surface area contributed by atoms with Crippen molar-refractivity contribution in [2.24, 2.45) is 7.05 Å². The highest BCUT2D eigenvalue weighted by molar-refractivity contribution is 5.71. The third-order valence-electron chi connectivity index (χ3n) is 1.71. The molecule has 0 unspecified atom stereocenters. The molecule has 0 saturated carbocycles. The van der Waals surface area contributed by atoms with Crippen molar-refractivity contribution in [1.82, 2.24) is 19.9 Å². The Bertz CT molecular complexity index is 310. The quantitative estimate of drug-likeness (QED) is 0.606. The fraction of sp³-hybridized carbons (Fsp3) is 0.625. The van der Waals surface area contributed by atoms with Gasteiger partial charge in [0.2, 0.25) is 0 Å². The Kier molecular flexibility index (Phi) is 3.58. The molecule has 6 heteroatoms. The highest BCUT2D eigenvalue weighted by Crippen LogP contribution is 1.97. The first-order valence-corrected chi connectivity index (χ1v) is 4.22. The summed E-state index contributed by atoms with van der Waals surface area (Å²) in [5, 5.41) is 7.70. The molecule has 0 aliphatic rings. The SMILES string of the molecule is COC(=O)CN(C)Cc1cn(C)nn1. The number of aromatic nitrogens is 3. The molecule has 1 heterocycles. The second kappa shape index (κ2) is 4.71. The molecule has 0 aliphatic carbocycles. The third kappa shape index (κ3) is 3.14. The van der Waals surface area contributed by atoms with Crippen molar-refractivity contribution in [2.45, 2.75) is 6.54 Å². The lowest BCUT2D eigenvalue weighted by Crippen LogP contribution is -2.26. The van der Waals surface area contributed by atoms with Gasteiger partial charge in [0.05, 0.1) is 19.3 Å². The number of hydrogen-bond acceptors (Lipinski definition) is 5. The Morgan fingerprint density at radius 1 is 1.71 bits per heavy atom. The number of hydrogen-bond donors (Lipinski definition) is 0. The number of carbonyl (C=O) groups is 1. The van der Waals surface area contributed by atoms with Gasteiger partial charge in [-0.15, -0.1) is 5.10 Å². The van der Waals surface area contributed by atoms with E-state index in [1.807, 2.05) is 18.1 Å². The molecule has 1 aromatic rings. The number of aryl methyl sites for hydroxylation is 1. The summed E-state index contributed by atoms with van der Waals surface area (Å²) in [7, 11) is 5.00. The molecule has 0 amide bonds. The van der Waals surface area contributed by atoms with Crippen molar-refractivity contribution >= 4 is 5.97 Å². The summed E-state index contributed by atoms with van der Waals surface area (Å²) in [6, 6.07) is 0. The molecule has 78 valence electrons. The second-order valence-corrected chi connectivity index (χ2v) is 3.13. The average Bonchev–Trinajstić information content (AvgIpc) is 2.50.